The van der Waals surface area contributed by atoms with Crippen LogP contribution in [0.2, 0.25) is 0 Å². The van der Waals surface area contributed by atoms with Gasteiger partial charge >= 0.3 is 0 Å². The Kier molecular flexibility index (Phi) is 4.39. The fourth-order valence-electron chi connectivity index (χ4n) is 2.27. The van der Waals surface area contributed by atoms with Crippen LogP contribution < -0.4 is 5.32 Å². The minimum absolute atomic E-state index is 0.326. The van der Waals surface area contributed by atoms with Crippen LogP contribution in [-0.2, 0) is 0 Å². The Morgan fingerprint density at radius 1 is 1.36 bits per heavy atom. The molecule has 2 heteroatoms. The van der Waals surface area contributed by atoms with Gasteiger partial charge in [0.2, 0.25) is 0 Å². The van der Waals surface area contributed by atoms with Gasteiger partial charge in [0.25, 0.3) is 0 Å². The van der Waals surface area contributed by atoms with Gasteiger partial charge in [0, 0.05) is 12.1 Å². The molecule has 1 fully saturated rings. The second-order valence-corrected chi connectivity index (χ2v) is 5.42. The Balaban J connectivity index is 2.39. The van der Waals surface area contributed by atoms with E-state index in [1.165, 1.54) is 39.0 Å². The van der Waals surface area contributed by atoms with Gasteiger partial charge in [-0.2, -0.15) is 0 Å². The maximum Gasteiger partial charge on any atom is 0.0125 e. The highest BCUT2D eigenvalue weighted by atomic mass is 15.2. The van der Waals surface area contributed by atoms with Crippen molar-refractivity contribution in [2.24, 2.45) is 5.92 Å². The molecular formula is C12H26N2. The van der Waals surface area contributed by atoms with E-state index in [0.29, 0.717) is 5.54 Å². The fraction of sp³-hybridized carbons (Fsp3) is 1.00. The van der Waals surface area contributed by atoms with Crippen molar-refractivity contribution in [3.8, 4) is 0 Å². The smallest absolute Gasteiger partial charge is 0.0125 e. The second kappa shape index (κ2) is 5.13. The van der Waals surface area contributed by atoms with Gasteiger partial charge in [-0.15, -0.1) is 0 Å². The summed E-state index contributed by atoms with van der Waals surface area (Å²) in [6.45, 7) is 14.1. The first-order valence-corrected chi connectivity index (χ1v) is 6.00. The highest BCUT2D eigenvalue weighted by molar-refractivity contribution is 4.80. The Morgan fingerprint density at radius 2 is 2.07 bits per heavy atom. The number of piperidine rings is 1. The Labute approximate surface area is 89.1 Å². The summed E-state index contributed by atoms with van der Waals surface area (Å²) in [5.41, 5.74) is 0.326. The predicted octanol–water partition coefficient (Wildman–Crippen LogP) is 2.11. The van der Waals surface area contributed by atoms with Crippen molar-refractivity contribution >= 4 is 0 Å². The molecule has 0 radical (unpaired) electrons. The van der Waals surface area contributed by atoms with Crippen molar-refractivity contribution in [2.45, 2.75) is 46.1 Å². The summed E-state index contributed by atoms with van der Waals surface area (Å²) >= 11 is 0. The minimum Gasteiger partial charge on any atom is -0.316 e. The average Bonchev–Trinajstić information content (AvgIpc) is 2.14. The lowest BCUT2D eigenvalue weighted by molar-refractivity contribution is 0.112. The normalized spacial score (nSPS) is 24.2. The quantitative estimate of drug-likeness (QED) is 0.747. The molecule has 1 atom stereocenters. The third-order valence-electron chi connectivity index (χ3n) is 3.21. The van der Waals surface area contributed by atoms with Crippen molar-refractivity contribution in [3.05, 3.63) is 0 Å². The molecule has 1 rings (SSSR count). The summed E-state index contributed by atoms with van der Waals surface area (Å²) in [5, 5.41) is 3.49. The van der Waals surface area contributed by atoms with Gasteiger partial charge in [-0.25, -0.2) is 0 Å². The first kappa shape index (κ1) is 12.0. The Morgan fingerprint density at radius 3 is 2.50 bits per heavy atom. The van der Waals surface area contributed by atoms with Crippen molar-refractivity contribution in [1.29, 1.82) is 0 Å². The monoisotopic (exact) mass is 198 g/mol. The molecular weight excluding hydrogens is 172 g/mol. The van der Waals surface area contributed by atoms with E-state index in [2.05, 4.69) is 37.9 Å². The summed E-state index contributed by atoms with van der Waals surface area (Å²) in [4.78, 5) is 2.59. The maximum atomic E-state index is 3.49. The molecule has 1 aliphatic rings. The topological polar surface area (TPSA) is 15.3 Å². The molecule has 0 aromatic rings. The van der Waals surface area contributed by atoms with Crippen LogP contribution in [0.25, 0.3) is 0 Å². The van der Waals surface area contributed by atoms with Crippen molar-refractivity contribution in [3.63, 3.8) is 0 Å². The Bertz CT molecular complexity index is 154. The molecule has 1 heterocycles. The zero-order valence-electron chi connectivity index (χ0n) is 10.3. The predicted molar refractivity (Wildman–Crippen MR) is 62.6 cm³/mol. The SMILES string of the molecule is CCN(CC1CCCNC1)C(C)(C)C. The lowest BCUT2D eigenvalue weighted by atomic mass is 9.96. The van der Waals surface area contributed by atoms with E-state index >= 15 is 0 Å². The molecule has 1 aliphatic heterocycles. The summed E-state index contributed by atoms with van der Waals surface area (Å²) in [6, 6.07) is 0. The van der Waals surface area contributed by atoms with Crippen molar-refractivity contribution in [1.82, 2.24) is 10.2 Å². The molecule has 0 spiro atoms. The van der Waals surface area contributed by atoms with Crippen LogP contribution in [-0.4, -0.2) is 36.6 Å². The van der Waals surface area contributed by atoms with E-state index < -0.39 is 0 Å². The van der Waals surface area contributed by atoms with Crippen LogP contribution >= 0.6 is 0 Å². The van der Waals surface area contributed by atoms with E-state index in [9.17, 15) is 0 Å². The van der Waals surface area contributed by atoms with Gasteiger partial charge in [-0.05, 0) is 59.2 Å². The zero-order valence-corrected chi connectivity index (χ0v) is 10.3. The van der Waals surface area contributed by atoms with E-state index in [-0.39, 0.29) is 0 Å². The van der Waals surface area contributed by atoms with Gasteiger partial charge in [-0.1, -0.05) is 6.92 Å². The third kappa shape index (κ3) is 3.58. The molecule has 2 nitrogen and oxygen atoms in total. The largest absolute Gasteiger partial charge is 0.316 e. The summed E-state index contributed by atoms with van der Waals surface area (Å²) in [5.74, 6) is 0.864. The molecule has 0 bridgehead atoms. The third-order valence-corrected chi connectivity index (χ3v) is 3.21. The van der Waals surface area contributed by atoms with E-state index in [0.717, 1.165) is 5.92 Å². The second-order valence-electron chi connectivity index (χ2n) is 5.42. The van der Waals surface area contributed by atoms with Gasteiger partial charge in [-0.3, -0.25) is 4.90 Å². The molecule has 0 aromatic carbocycles. The van der Waals surface area contributed by atoms with Crippen LogP contribution in [0.4, 0.5) is 0 Å². The number of nitrogens with zero attached hydrogens (tertiary/aromatic N) is 1. The molecule has 14 heavy (non-hydrogen) atoms. The molecule has 1 N–H and O–H groups in total. The Hall–Kier alpha value is -0.0800. The molecule has 84 valence electrons. The van der Waals surface area contributed by atoms with E-state index in [1.807, 2.05) is 0 Å². The summed E-state index contributed by atoms with van der Waals surface area (Å²) < 4.78 is 0. The van der Waals surface area contributed by atoms with Crippen LogP contribution in [0.15, 0.2) is 0 Å². The maximum absolute atomic E-state index is 3.49. The lowest BCUT2D eigenvalue weighted by Gasteiger charge is -2.38. The standard InChI is InChI=1S/C12H26N2/c1-5-14(12(2,3)4)10-11-7-6-8-13-9-11/h11,13H,5-10H2,1-4H3. The van der Waals surface area contributed by atoms with Crippen LogP contribution in [0.5, 0.6) is 0 Å². The number of hydrogen-bond donors (Lipinski definition) is 1. The van der Waals surface area contributed by atoms with Gasteiger partial charge in [0.05, 0.1) is 0 Å². The van der Waals surface area contributed by atoms with Crippen molar-refractivity contribution < 1.29 is 0 Å². The lowest BCUT2D eigenvalue weighted by Crippen LogP contribution is -2.46. The van der Waals surface area contributed by atoms with E-state index in [1.54, 1.807) is 0 Å². The first-order valence-electron chi connectivity index (χ1n) is 6.00. The molecule has 0 amide bonds. The summed E-state index contributed by atoms with van der Waals surface area (Å²) in [7, 11) is 0. The van der Waals surface area contributed by atoms with Gasteiger partial charge < -0.3 is 5.32 Å². The van der Waals surface area contributed by atoms with Crippen molar-refractivity contribution in [2.75, 3.05) is 26.2 Å². The average molecular weight is 198 g/mol. The number of rotatable bonds is 3. The number of nitrogens with one attached hydrogen (secondary N) is 1. The van der Waals surface area contributed by atoms with Gasteiger partial charge in [0.15, 0.2) is 0 Å². The molecule has 1 unspecified atom stereocenters. The highest BCUT2D eigenvalue weighted by Crippen LogP contribution is 2.18. The molecule has 1 saturated heterocycles. The van der Waals surface area contributed by atoms with E-state index in [4.69, 9.17) is 0 Å². The zero-order chi connectivity index (χ0) is 10.6. The van der Waals surface area contributed by atoms with Gasteiger partial charge in [0.1, 0.15) is 0 Å². The minimum atomic E-state index is 0.326. The van der Waals surface area contributed by atoms with Crippen LogP contribution in [0.3, 0.4) is 0 Å². The first-order chi connectivity index (χ1) is 6.54. The van der Waals surface area contributed by atoms with Crippen LogP contribution in [0, 0.1) is 5.92 Å². The fourth-order valence-corrected chi connectivity index (χ4v) is 2.27. The molecule has 0 aromatic heterocycles. The highest BCUT2D eigenvalue weighted by Gasteiger charge is 2.23. The molecule has 0 aliphatic carbocycles. The number of hydrogen-bond acceptors (Lipinski definition) is 2. The summed E-state index contributed by atoms with van der Waals surface area (Å²) in [6.07, 6.45) is 2.76. The molecule has 0 saturated carbocycles. The van der Waals surface area contributed by atoms with Crippen LogP contribution in [0.1, 0.15) is 40.5 Å².